The lowest BCUT2D eigenvalue weighted by molar-refractivity contribution is -0.138. The number of imidazole rings is 1. The highest BCUT2D eigenvalue weighted by Gasteiger charge is 2.36. The van der Waals surface area contributed by atoms with Gasteiger partial charge in [-0.15, -0.1) is 0 Å². The standard InChI is InChI=1S/C21H26N4O/c26-21(20(23-11-4-5-12-23)16-6-2-1-3-7-16)24-13-10-19-18(14-24)22-15-25(19)17-8-9-17/h1-3,6-7,15,17,20H,4-5,8-14H2/t20-/m0/s1. The first-order valence-electron chi connectivity index (χ1n) is 9.93. The van der Waals surface area contributed by atoms with Gasteiger partial charge in [-0.2, -0.15) is 0 Å². The second-order valence-corrected chi connectivity index (χ2v) is 7.84. The topological polar surface area (TPSA) is 41.4 Å². The smallest absolute Gasteiger partial charge is 0.244 e. The first kappa shape index (κ1) is 16.1. The minimum absolute atomic E-state index is 0.147. The van der Waals surface area contributed by atoms with Crippen LogP contribution in [0.1, 0.15) is 54.7 Å². The van der Waals surface area contributed by atoms with E-state index in [0.29, 0.717) is 12.6 Å². The van der Waals surface area contributed by atoms with Crippen LogP contribution in [0.4, 0.5) is 0 Å². The maximum absolute atomic E-state index is 13.5. The Morgan fingerprint density at radius 2 is 1.85 bits per heavy atom. The summed E-state index contributed by atoms with van der Waals surface area (Å²) in [5.41, 5.74) is 3.58. The average Bonchev–Trinajstić information content (AvgIpc) is 3.21. The van der Waals surface area contributed by atoms with Crippen LogP contribution in [0.2, 0.25) is 0 Å². The number of amides is 1. The second kappa shape index (κ2) is 6.54. The van der Waals surface area contributed by atoms with E-state index in [1.165, 1.54) is 31.4 Å². The van der Waals surface area contributed by atoms with Crippen LogP contribution >= 0.6 is 0 Å². The fourth-order valence-corrected chi connectivity index (χ4v) is 4.50. The Morgan fingerprint density at radius 1 is 1.08 bits per heavy atom. The molecule has 5 heteroatoms. The molecular formula is C21H26N4O. The third-order valence-corrected chi connectivity index (χ3v) is 6.05. The van der Waals surface area contributed by atoms with Crippen molar-refractivity contribution >= 4 is 5.91 Å². The van der Waals surface area contributed by atoms with E-state index in [9.17, 15) is 4.79 Å². The summed E-state index contributed by atoms with van der Waals surface area (Å²) in [6.45, 7) is 3.49. The van der Waals surface area contributed by atoms with E-state index in [1.54, 1.807) is 0 Å². The molecule has 5 nitrogen and oxygen atoms in total. The van der Waals surface area contributed by atoms with Gasteiger partial charge in [-0.05, 0) is 44.3 Å². The van der Waals surface area contributed by atoms with Gasteiger partial charge in [0.2, 0.25) is 5.91 Å². The lowest BCUT2D eigenvalue weighted by Gasteiger charge is -2.34. The monoisotopic (exact) mass is 350 g/mol. The molecular weight excluding hydrogens is 324 g/mol. The fraction of sp³-hybridized carbons (Fsp3) is 0.524. The van der Waals surface area contributed by atoms with Crippen molar-refractivity contribution in [2.45, 2.75) is 50.7 Å². The number of rotatable bonds is 4. The van der Waals surface area contributed by atoms with Crippen molar-refractivity contribution in [2.75, 3.05) is 19.6 Å². The van der Waals surface area contributed by atoms with E-state index in [4.69, 9.17) is 0 Å². The third-order valence-electron chi connectivity index (χ3n) is 6.05. The Balaban J connectivity index is 1.39. The van der Waals surface area contributed by atoms with Gasteiger partial charge in [0.25, 0.3) is 0 Å². The highest BCUT2D eigenvalue weighted by atomic mass is 16.2. The van der Waals surface area contributed by atoms with Crippen LogP contribution in [0.3, 0.4) is 0 Å². The molecule has 0 unspecified atom stereocenters. The fourth-order valence-electron chi connectivity index (χ4n) is 4.50. The Bertz CT molecular complexity index is 790. The van der Waals surface area contributed by atoms with Gasteiger partial charge in [0.1, 0.15) is 6.04 Å². The zero-order valence-electron chi connectivity index (χ0n) is 15.2. The summed E-state index contributed by atoms with van der Waals surface area (Å²) in [7, 11) is 0. The van der Waals surface area contributed by atoms with E-state index in [-0.39, 0.29) is 11.9 Å². The quantitative estimate of drug-likeness (QED) is 0.851. The summed E-state index contributed by atoms with van der Waals surface area (Å²) in [6.07, 6.45) is 7.84. The maximum Gasteiger partial charge on any atom is 0.244 e. The van der Waals surface area contributed by atoms with E-state index >= 15 is 0 Å². The molecule has 1 aromatic heterocycles. The number of hydrogen-bond acceptors (Lipinski definition) is 3. The molecule has 0 spiro atoms. The zero-order chi connectivity index (χ0) is 17.5. The number of aromatic nitrogens is 2. The molecule has 0 radical (unpaired) electrons. The number of carbonyl (C=O) groups is 1. The summed E-state index contributed by atoms with van der Waals surface area (Å²) in [5.74, 6) is 0.240. The molecule has 1 amide bonds. The molecule has 3 heterocycles. The number of carbonyl (C=O) groups excluding carboxylic acids is 1. The van der Waals surface area contributed by atoms with Crippen LogP contribution in [-0.4, -0.2) is 44.9 Å². The number of hydrogen-bond donors (Lipinski definition) is 0. The van der Waals surface area contributed by atoms with Crippen molar-refractivity contribution in [1.82, 2.24) is 19.4 Å². The summed E-state index contributed by atoms with van der Waals surface area (Å²) in [5, 5.41) is 0. The molecule has 2 fully saturated rings. The highest BCUT2D eigenvalue weighted by Crippen LogP contribution is 2.37. The van der Waals surface area contributed by atoms with Gasteiger partial charge in [-0.1, -0.05) is 30.3 Å². The van der Waals surface area contributed by atoms with Crippen LogP contribution < -0.4 is 0 Å². The lowest BCUT2D eigenvalue weighted by atomic mass is 10.0. The molecule has 26 heavy (non-hydrogen) atoms. The Hall–Kier alpha value is -2.14. The third kappa shape index (κ3) is 2.84. The van der Waals surface area contributed by atoms with Crippen molar-refractivity contribution in [3.8, 4) is 0 Å². The molecule has 1 saturated carbocycles. The van der Waals surface area contributed by atoms with Gasteiger partial charge in [0.15, 0.2) is 0 Å². The predicted molar refractivity (Wildman–Crippen MR) is 99.6 cm³/mol. The maximum atomic E-state index is 13.5. The molecule has 3 aliphatic rings. The van der Waals surface area contributed by atoms with Gasteiger partial charge in [-0.25, -0.2) is 4.98 Å². The minimum atomic E-state index is -0.147. The normalized spacial score (nSPS) is 21.6. The van der Waals surface area contributed by atoms with Crippen LogP contribution in [-0.2, 0) is 17.8 Å². The van der Waals surface area contributed by atoms with E-state index in [0.717, 1.165) is 37.3 Å². The number of fused-ring (bicyclic) bond motifs is 1. The molecule has 0 N–H and O–H groups in total. The van der Waals surface area contributed by atoms with Gasteiger partial charge in [-0.3, -0.25) is 9.69 Å². The van der Waals surface area contributed by atoms with Crippen molar-refractivity contribution in [3.63, 3.8) is 0 Å². The average molecular weight is 350 g/mol. The van der Waals surface area contributed by atoms with Crippen molar-refractivity contribution in [1.29, 1.82) is 0 Å². The molecule has 1 saturated heterocycles. The molecule has 1 aromatic carbocycles. The SMILES string of the molecule is O=C([C@H](c1ccccc1)N1CCCC1)N1CCc2c(ncn2C2CC2)C1. The number of benzene rings is 1. The summed E-state index contributed by atoms with van der Waals surface area (Å²) in [6, 6.07) is 10.8. The number of nitrogens with zero attached hydrogens (tertiary/aromatic N) is 4. The highest BCUT2D eigenvalue weighted by molar-refractivity contribution is 5.83. The van der Waals surface area contributed by atoms with E-state index < -0.39 is 0 Å². The molecule has 0 bridgehead atoms. The lowest BCUT2D eigenvalue weighted by Crippen LogP contribution is -2.44. The predicted octanol–water partition coefficient (Wildman–Crippen LogP) is 2.94. The van der Waals surface area contributed by atoms with Crippen LogP contribution in [0, 0.1) is 0 Å². The Kier molecular flexibility index (Phi) is 4.04. The first-order valence-corrected chi connectivity index (χ1v) is 9.93. The molecule has 5 rings (SSSR count). The van der Waals surface area contributed by atoms with Crippen molar-refractivity contribution in [3.05, 3.63) is 53.6 Å². The van der Waals surface area contributed by atoms with Gasteiger partial charge >= 0.3 is 0 Å². The first-order chi connectivity index (χ1) is 12.8. The number of likely N-dealkylation sites (tertiary alicyclic amines) is 1. The Morgan fingerprint density at radius 3 is 2.58 bits per heavy atom. The summed E-state index contributed by atoms with van der Waals surface area (Å²) >= 11 is 0. The van der Waals surface area contributed by atoms with Gasteiger partial charge in [0.05, 0.1) is 18.6 Å². The molecule has 2 aliphatic heterocycles. The molecule has 2 aromatic rings. The summed E-state index contributed by atoms with van der Waals surface area (Å²) < 4.78 is 2.35. The van der Waals surface area contributed by atoms with E-state index in [2.05, 4.69) is 26.6 Å². The van der Waals surface area contributed by atoms with Crippen LogP contribution in [0.15, 0.2) is 36.7 Å². The molecule has 1 atom stereocenters. The van der Waals surface area contributed by atoms with Crippen LogP contribution in [0.25, 0.3) is 0 Å². The Labute approximate surface area is 154 Å². The summed E-state index contributed by atoms with van der Waals surface area (Å²) in [4.78, 5) is 22.5. The van der Waals surface area contributed by atoms with Crippen molar-refractivity contribution < 1.29 is 4.79 Å². The minimum Gasteiger partial charge on any atom is -0.335 e. The van der Waals surface area contributed by atoms with Crippen molar-refractivity contribution in [2.24, 2.45) is 0 Å². The largest absolute Gasteiger partial charge is 0.335 e. The van der Waals surface area contributed by atoms with Gasteiger partial charge in [0, 0.05) is 24.7 Å². The van der Waals surface area contributed by atoms with E-state index in [1.807, 2.05) is 29.4 Å². The van der Waals surface area contributed by atoms with Gasteiger partial charge < -0.3 is 9.47 Å². The molecule has 136 valence electrons. The second-order valence-electron chi connectivity index (χ2n) is 7.84. The molecule has 1 aliphatic carbocycles. The zero-order valence-corrected chi connectivity index (χ0v) is 15.2. The van der Waals surface area contributed by atoms with Crippen LogP contribution in [0.5, 0.6) is 0 Å².